The third-order valence-corrected chi connectivity index (χ3v) is 7.52. The number of amides is 1. The van der Waals surface area contributed by atoms with Crippen molar-refractivity contribution in [1.82, 2.24) is 14.5 Å². The smallest absolute Gasteiger partial charge is 0.376 e. The molecule has 3 N–H and O–H groups in total. The van der Waals surface area contributed by atoms with Gasteiger partial charge in [0, 0.05) is 28.8 Å². The summed E-state index contributed by atoms with van der Waals surface area (Å²) in [6, 6.07) is 12.4. The normalized spacial score (nSPS) is 13.7. The van der Waals surface area contributed by atoms with Crippen LogP contribution in [0.5, 0.6) is 5.75 Å². The van der Waals surface area contributed by atoms with Gasteiger partial charge in [-0.2, -0.15) is 26.6 Å². The van der Waals surface area contributed by atoms with Gasteiger partial charge in [-0.3, -0.25) is 9.36 Å². The minimum atomic E-state index is -5.74. The Labute approximate surface area is 221 Å². The van der Waals surface area contributed by atoms with Crippen LogP contribution in [0.15, 0.2) is 48.5 Å². The predicted octanol–water partition coefficient (Wildman–Crippen LogP) is 4.55. The summed E-state index contributed by atoms with van der Waals surface area (Å²) in [6.07, 6.45) is 3.54. The first-order valence-electron chi connectivity index (χ1n) is 12.1. The van der Waals surface area contributed by atoms with E-state index in [1.165, 1.54) is 12.1 Å². The fourth-order valence-electron chi connectivity index (χ4n) is 4.69. The number of halogens is 3. The molecule has 2 heterocycles. The molecule has 0 spiro atoms. The third-order valence-electron chi connectivity index (χ3n) is 6.54. The molecule has 4 aromatic rings. The molecule has 1 aliphatic carbocycles. The van der Waals surface area contributed by atoms with Crippen LogP contribution < -0.4 is 15.2 Å². The number of carbonyl (C=O) groups is 1. The van der Waals surface area contributed by atoms with E-state index >= 15 is 0 Å². The lowest BCUT2D eigenvalue weighted by Crippen LogP contribution is -2.28. The monoisotopic (exact) mass is 559 g/mol. The van der Waals surface area contributed by atoms with Crippen molar-refractivity contribution < 1.29 is 30.6 Å². The van der Waals surface area contributed by atoms with Crippen LogP contribution in [-0.2, 0) is 29.5 Å². The van der Waals surface area contributed by atoms with Crippen molar-refractivity contribution in [3.63, 3.8) is 0 Å². The highest BCUT2D eigenvalue weighted by Gasteiger charge is 2.48. The van der Waals surface area contributed by atoms with E-state index in [0.29, 0.717) is 28.3 Å². The molecule has 13 heteroatoms. The molecule has 0 unspecified atom stereocenters. The van der Waals surface area contributed by atoms with Gasteiger partial charge in [0.15, 0.2) is 0 Å². The Morgan fingerprint density at radius 2 is 1.82 bits per heavy atom. The number of nitrogens with two attached hydrogens (primary N) is 1. The van der Waals surface area contributed by atoms with Gasteiger partial charge >= 0.3 is 15.6 Å². The van der Waals surface area contributed by atoms with Gasteiger partial charge in [-0.1, -0.05) is 18.2 Å². The molecule has 1 amide bonds. The number of primary amides is 1. The molecule has 2 aromatic heterocycles. The highest BCUT2D eigenvalue weighted by atomic mass is 32.2. The highest BCUT2D eigenvalue weighted by molar-refractivity contribution is 7.88. The zero-order chi connectivity index (χ0) is 27.9. The molecule has 0 fully saturated rings. The molecular weight excluding hydrogens is 535 g/mol. The Balaban J connectivity index is 1.45. The first-order chi connectivity index (χ1) is 18.4. The maximum Gasteiger partial charge on any atom is 0.534 e. The summed E-state index contributed by atoms with van der Waals surface area (Å²) in [5.74, 6) is 0.0947. The number of benzene rings is 2. The Morgan fingerprint density at radius 1 is 1.10 bits per heavy atom. The molecule has 0 saturated carbocycles. The van der Waals surface area contributed by atoms with Crippen LogP contribution in [0, 0.1) is 6.92 Å². The Bertz CT molecular complexity index is 1680. The van der Waals surface area contributed by atoms with Crippen LogP contribution in [0.2, 0.25) is 0 Å². The van der Waals surface area contributed by atoms with Gasteiger partial charge in [-0.05, 0) is 68.5 Å². The van der Waals surface area contributed by atoms with E-state index < -0.39 is 27.3 Å². The number of aryl methyl sites for hydroxylation is 2. The van der Waals surface area contributed by atoms with Gasteiger partial charge in [-0.25, -0.2) is 4.98 Å². The standard InChI is InChI=1S/C26H24F3N5O4S/c1-15-13-20-18(23(30)35)6-4-8-22(20)34(15)25-32-21-7-3-2-5-19(21)24(33-25)31-14-16-9-11-17(12-10-16)38-39(36,37)26(27,28)29/h4,6,8-13H,2-3,5,7,14H2,1H3,(H2,30,35)(H,31,32,33). The molecule has 0 saturated heterocycles. The van der Waals surface area contributed by atoms with E-state index in [1.807, 2.05) is 23.6 Å². The molecular formula is C26H24F3N5O4S. The molecule has 0 radical (unpaired) electrons. The van der Waals surface area contributed by atoms with Crippen molar-refractivity contribution in [3.8, 4) is 11.7 Å². The second-order valence-corrected chi connectivity index (χ2v) is 10.7. The number of alkyl halides is 3. The van der Waals surface area contributed by atoms with Crippen LogP contribution in [0.3, 0.4) is 0 Å². The van der Waals surface area contributed by atoms with Gasteiger partial charge in [0.2, 0.25) is 11.9 Å². The van der Waals surface area contributed by atoms with E-state index in [9.17, 15) is 26.4 Å². The largest absolute Gasteiger partial charge is 0.534 e. The number of aromatic nitrogens is 3. The molecule has 204 valence electrons. The van der Waals surface area contributed by atoms with E-state index in [1.54, 1.807) is 12.1 Å². The average Bonchev–Trinajstić information content (AvgIpc) is 3.22. The summed E-state index contributed by atoms with van der Waals surface area (Å²) in [5, 5.41) is 4.00. The number of fused-ring (bicyclic) bond motifs is 2. The second kappa shape index (κ2) is 9.88. The predicted molar refractivity (Wildman–Crippen MR) is 138 cm³/mol. The summed E-state index contributed by atoms with van der Waals surface area (Å²) < 4.78 is 66.3. The Hall–Kier alpha value is -4.13. The number of hydrogen-bond acceptors (Lipinski definition) is 7. The fourth-order valence-corrected chi connectivity index (χ4v) is 5.15. The zero-order valence-corrected chi connectivity index (χ0v) is 21.6. The van der Waals surface area contributed by atoms with E-state index in [2.05, 4.69) is 9.50 Å². The van der Waals surface area contributed by atoms with Gasteiger partial charge in [0.25, 0.3) is 0 Å². The first-order valence-corrected chi connectivity index (χ1v) is 13.5. The minimum Gasteiger partial charge on any atom is -0.376 e. The lowest BCUT2D eigenvalue weighted by molar-refractivity contribution is -0.0500. The maximum atomic E-state index is 12.6. The number of nitrogens with one attached hydrogen (secondary N) is 1. The van der Waals surface area contributed by atoms with Gasteiger partial charge < -0.3 is 15.2 Å². The topological polar surface area (TPSA) is 129 Å². The summed E-state index contributed by atoms with van der Waals surface area (Å²) in [7, 11) is -5.74. The minimum absolute atomic E-state index is 0.270. The lowest BCUT2D eigenvalue weighted by Gasteiger charge is -2.21. The summed E-state index contributed by atoms with van der Waals surface area (Å²) in [6.45, 7) is 2.16. The zero-order valence-electron chi connectivity index (χ0n) is 20.7. The van der Waals surface area contributed by atoms with Crippen LogP contribution in [-0.4, -0.2) is 34.4 Å². The van der Waals surface area contributed by atoms with Crippen molar-refractivity contribution in [2.45, 2.75) is 44.7 Å². The number of rotatable bonds is 7. The number of carbonyl (C=O) groups excluding carboxylic acids is 1. The van der Waals surface area contributed by atoms with Gasteiger partial charge in [-0.15, -0.1) is 0 Å². The molecule has 9 nitrogen and oxygen atoms in total. The Kier molecular flexibility index (Phi) is 6.70. The van der Waals surface area contributed by atoms with Crippen LogP contribution in [0.25, 0.3) is 16.9 Å². The van der Waals surface area contributed by atoms with E-state index in [4.69, 9.17) is 15.7 Å². The molecule has 0 aliphatic heterocycles. The first kappa shape index (κ1) is 26.5. The van der Waals surface area contributed by atoms with Crippen molar-refractivity contribution in [2.24, 2.45) is 5.73 Å². The van der Waals surface area contributed by atoms with E-state index in [0.717, 1.165) is 60.3 Å². The maximum absolute atomic E-state index is 12.6. The quantitative estimate of drug-likeness (QED) is 0.251. The number of nitrogens with zero attached hydrogens (tertiary/aromatic N) is 3. The summed E-state index contributed by atoms with van der Waals surface area (Å²) >= 11 is 0. The molecule has 1 aliphatic rings. The Morgan fingerprint density at radius 3 is 2.51 bits per heavy atom. The molecule has 0 atom stereocenters. The second-order valence-electron chi connectivity index (χ2n) is 9.21. The number of anilines is 1. The fraction of sp³-hybridized carbons (Fsp3) is 0.269. The molecule has 2 aromatic carbocycles. The highest BCUT2D eigenvalue weighted by Crippen LogP contribution is 2.31. The van der Waals surface area contributed by atoms with Crippen molar-refractivity contribution in [1.29, 1.82) is 0 Å². The van der Waals surface area contributed by atoms with Crippen molar-refractivity contribution in [2.75, 3.05) is 5.32 Å². The molecule has 0 bridgehead atoms. The van der Waals surface area contributed by atoms with Crippen LogP contribution >= 0.6 is 0 Å². The van der Waals surface area contributed by atoms with Crippen molar-refractivity contribution in [3.05, 3.63) is 76.6 Å². The molecule has 5 rings (SSSR count). The lowest BCUT2D eigenvalue weighted by atomic mass is 9.96. The SMILES string of the molecule is Cc1cc2c(C(N)=O)cccc2n1-c1nc2c(c(NCc3ccc(OS(=O)(=O)C(F)(F)F)cc3)n1)CCCC2. The summed E-state index contributed by atoms with van der Waals surface area (Å²) in [4.78, 5) is 21.6. The number of hydrogen-bond donors (Lipinski definition) is 2. The average molecular weight is 560 g/mol. The summed E-state index contributed by atoms with van der Waals surface area (Å²) in [5.41, 5.74) is 4.61. The van der Waals surface area contributed by atoms with Gasteiger partial charge in [0.05, 0.1) is 11.2 Å². The van der Waals surface area contributed by atoms with Crippen molar-refractivity contribution >= 4 is 32.7 Å². The van der Waals surface area contributed by atoms with Crippen LogP contribution in [0.1, 0.15) is 45.7 Å². The third kappa shape index (κ3) is 5.13. The van der Waals surface area contributed by atoms with Gasteiger partial charge in [0.1, 0.15) is 11.6 Å². The van der Waals surface area contributed by atoms with Crippen LogP contribution in [0.4, 0.5) is 19.0 Å². The van der Waals surface area contributed by atoms with E-state index in [-0.39, 0.29) is 6.54 Å². The molecule has 39 heavy (non-hydrogen) atoms.